The molecule has 0 saturated carbocycles. The number of imidazole rings is 1. The van der Waals surface area contributed by atoms with Crippen LogP contribution in [0.15, 0.2) is 51.8 Å². The normalized spacial score (nSPS) is 12.7. The summed E-state index contributed by atoms with van der Waals surface area (Å²) in [7, 11) is -1.13. The van der Waals surface area contributed by atoms with E-state index in [0.717, 1.165) is 20.4 Å². The number of anilines is 1. The van der Waals surface area contributed by atoms with Gasteiger partial charge in [0.1, 0.15) is 5.82 Å². The molecule has 2 aromatic carbocycles. The fourth-order valence-electron chi connectivity index (χ4n) is 1.96. The van der Waals surface area contributed by atoms with Crippen LogP contribution in [0.5, 0.6) is 0 Å². The molecule has 0 aliphatic carbocycles. The largest absolute Gasteiger partial charge is 0.399 e. The fraction of sp³-hybridized carbons (Fsp3) is 0.0714. The predicted molar refractivity (Wildman–Crippen MR) is 84.8 cm³/mol. The van der Waals surface area contributed by atoms with Crippen molar-refractivity contribution in [3.05, 3.63) is 52.8 Å². The summed E-state index contributed by atoms with van der Waals surface area (Å²) in [5.41, 5.74) is 8.11. The van der Waals surface area contributed by atoms with E-state index in [2.05, 4.69) is 25.9 Å². The highest BCUT2D eigenvalue weighted by Gasteiger charge is 2.09. The number of aromatic amines is 1. The third-order valence-electron chi connectivity index (χ3n) is 2.88. The molecule has 0 amide bonds. The molecule has 0 aliphatic rings. The van der Waals surface area contributed by atoms with E-state index in [1.807, 2.05) is 36.4 Å². The lowest BCUT2D eigenvalue weighted by atomic mass is 10.3. The van der Waals surface area contributed by atoms with Crippen LogP contribution in [0.1, 0.15) is 5.82 Å². The molecule has 3 aromatic rings. The average molecular weight is 350 g/mol. The summed E-state index contributed by atoms with van der Waals surface area (Å²) in [5.74, 6) is 1.05. The number of aromatic nitrogens is 2. The smallest absolute Gasteiger partial charge is 0.120 e. The number of nitrogens with one attached hydrogen (secondary N) is 1. The molecule has 4 nitrogen and oxygen atoms in total. The standard InChI is InChI=1S/C14H12BrN3OS/c15-9-2-1-3-11(6-9)20(19)8-14-17-12-5-4-10(16)7-13(12)18-14/h1-7H,8,16H2,(H,17,18). The molecule has 0 saturated heterocycles. The van der Waals surface area contributed by atoms with E-state index < -0.39 is 10.8 Å². The number of halogens is 1. The van der Waals surface area contributed by atoms with Crippen LogP contribution < -0.4 is 5.73 Å². The molecular weight excluding hydrogens is 338 g/mol. The Morgan fingerprint density at radius 1 is 1.25 bits per heavy atom. The highest BCUT2D eigenvalue weighted by Crippen LogP contribution is 2.19. The number of rotatable bonds is 3. The Labute approximate surface area is 127 Å². The monoisotopic (exact) mass is 349 g/mol. The van der Waals surface area contributed by atoms with E-state index in [-0.39, 0.29) is 0 Å². The lowest BCUT2D eigenvalue weighted by Crippen LogP contribution is -1.98. The lowest BCUT2D eigenvalue weighted by Gasteiger charge is -2.00. The summed E-state index contributed by atoms with van der Waals surface area (Å²) in [4.78, 5) is 8.36. The number of hydrogen-bond acceptors (Lipinski definition) is 3. The number of nitrogens with zero attached hydrogens (tertiary/aromatic N) is 1. The quantitative estimate of drug-likeness (QED) is 0.713. The van der Waals surface area contributed by atoms with Gasteiger partial charge in [-0.05, 0) is 36.4 Å². The van der Waals surface area contributed by atoms with Crippen molar-refractivity contribution >= 4 is 43.5 Å². The maximum Gasteiger partial charge on any atom is 0.120 e. The number of benzene rings is 2. The Morgan fingerprint density at radius 3 is 2.90 bits per heavy atom. The first-order valence-corrected chi connectivity index (χ1v) is 8.11. The molecule has 102 valence electrons. The predicted octanol–water partition coefficient (Wildman–Crippen LogP) is 3.22. The van der Waals surface area contributed by atoms with Crippen molar-refractivity contribution in [2.24, 2.45) is 0 Å². The van der Waals surface area contributed by atoms with E-state index in [1.165, 1.54) is 0 Å². The minimum atomic E-state index is -1.13. The van der Waals surface area contributed by atoms with Gasteiger partial charge in [-0.3, -0.25) is 4.21 Å². The molecule has 1 aromatic heterocycles. The van der Waals surface area contributed by atoms with E-state index >= 15 is 0 Å². The van der Waals surface area contributed by atoms with Crippen molar-refractivity contribution in [1.82, 2.24) is 9.97 Å². The molecular formula is C14H12BrN3OS. The molecule has 1 unspecified atom stereocenters. The van der Waals surface area contributed by atoms with Crippen LogP contribution in [-0.2, 0) is 16.6 Å². The van der Waals surface area contributed by atoms with Gasteiger partial charge in [-0.2, -0.15) is 0 Å². The first-order valence-electron chi connectivity index (χ1n) is 6.00. The van der Waals surface area contributed by atoms with Crippen LogP contribution in [0.4, 0.5) is 5.69 Å². The second kappa shape index (κ2) is 5.38. The number of hydrogen-bond donors (Lipinski definition) is 2. The summed E-state index contributed by atoms with van der Waals surface area (Å²) in [6.45, 7) is 0. The highest BCUT2D eigenvalue weighted by molar-refractivity contribution is 9.10. The summed E-state index contributed by atoms with van der Waals surface area (Å²) in [6, 6.07) is 13.0. The van der Waals surface area contributed by atoms with Gasteiger partial charge in [0.25, 0.3) is 0 Å². The van der Waals surface area contributed by atoms with Gasteiger partial charge in [0.15, 0.2) is 0 Å². The number of fused-ring (bicyclic) bond motifs is 1. The fourth-order valence-corrected chi connectivity index (χ4v) is 3.56. The minimum Gasteiger partial charge on any atom is -0.399 e. The Balaban J connectivity index is 1.87. The second-order valence-corrected chi connectivity index (χ2v) is 6.77. The van der Waals surface area contributed by atoms with E-state index in [9.17, 15) is 4.21 Å². The van der Waals surface area contributed by atoms with Crippen molar-refractivity contribution in [3.63, 3.8) is 0 Å². The SMILES string of the molecule is Nc1ccc2nc(CS(=O)c3cccc(Br)c3)[nH]c2c1. The van der Waals surface area contributed by atoms with Gasteiger partial charge in [0.2, 0.25) is 0 Å². The molecule has 3 N–H and O–H groups in total. The summed E-state index contributed by atoms with van der Waals surface area (Å²) >= 11 is 3.38. The van der Waals surface area contributed by atoms with Gasteiger partial charge >= 0.3 is 0 Å². The maximum absolute atomic E-state index is 12.3. The summed E-state index contributed by atoms with van der Waals surface area (Å²) in [6.07, 6.45) is 0. The Morgan fingerprint density at radius 2 is 2.10 bits per heavy atom. The van der Waals surface area contributed by atoms with E-state index in [1.54, 1.807) is 6.07 Å². The number of nitrogens with two attached hydrogens (primary N) is 1. The Bertz CT molecular complexity index is 800. The molecule has 0 fully saturated rings. The topological polar surface area (TPSA) is 71.8 Å². The van der Waals surface area contributed by atoms with Crippen molar-refractivity contribution in [1.29, 1.82) is 0 Å². The Hall–Kier alpha value is -1.66. The van der Waals surface area contributed by atoms with Gasteiger partial charge in [-0.15, -0.1) is 0 Å². The summed E-state index contributed by atoms with van der Waals surface area (Å²) in [5, 5.41) is 0. The molecule has 0 bridgehead atoms. The first-order chi connectivity index (χ1) is 9.61. The van der Waals surface area contributed by atoms with Crippen LogP contribution in [0.2, 0.25) is 0 Å². The molecule has 1 heterocycles. The van der Waals surface area contributed by atoms with Crippen molar-refractivity contribution in [3.8, 4) is 0 Å². The van der Waals surface area contributed by atoms with Crippen LogP contribution in [0, 0.1) is 0 Å². The molecule has 6 heteroatoms. The minimum absolute atomic E-state index is 0.352. The molecule has 20 heavy (non-hydrogen) atoms. The third kappa shape index (κ3) is 2.76. The van der Waals surface area contributed by atoms with Crippen LogP contribution in [0.3, 0.4) is 0 Å². The zero-order valence-electron chi connectivity index (χ0n) is 10.5. The van der Waals surface area contributed by atoms with Crippen molar-refractivity contribution in [2.45, 2.75) is 10.6 Å². The number of H-pyrrole nitrogens is 1. The summed E-state index contributed by atoms with van der Waals surface area (Å²) < 4.78 is 13.2. The van der Waals surface area contributed by atoms with Crippen molar-refractivity contribution in [2.75, 3.05) is 5.73 Å². The van der Waals surface area contributed by atoms with Crippen molar-refractivity contribution < 1.29 is 4.21 Å². The van der Waals surface area contributed by atoms with Gasteiger partial charge in [0.05, 0.1) is 27.6 Å². The molecule has 3 rings (SSSR count). The van der Waals surface area contributed by atoms with Gasteiger partial charge in [-0.1, -0.05) is 22.0 Å². The first kappa shape index (κ1) is 13.3. The van der Waals surface area contributed by atoms with Crippen LogP contribution >= 0.6 is 15.9 Å². The molecule has 0 spiro atoms. The maximum atomic E-state index is 12.3. The average Bonchev–Trinajstić information content (AvgIpc) is 2.80. The Kier molecular flexibility index (Phi) is 3.58. The molecule has 1 atom stereocenters. The van der Waals surface area contributed by atoms with Crippen LogP contribution in [-0.4, -0.2) is 14.2 Å². The molecule has 0 aliphatic heterocycles. The van der Waals surface area contributed by atoms with E-state index in [0.29, 0.717) is 17.3 Å². The van der Waals surface area contributed by atoms with Gasteiger partial charge in [-0.25, -0.2) is 4.98 Å². The zero-order valence-corrected chi connectivity index (χ0v) is 12.9. The van der Waals surface area contributed by atoms with Crippen LogP contribution in [0.25, 0.3) is 11.0 Å². The second-order valence-electron chi connectivity index (χ2n) is 4.41. The molecule has 0 radical (unpaired) electrons. The van der Waals surface area contributed by atoms with E-state index in [4.69, 9.17) is 5.73 Å². The lowest BCUT2D eigenvalue weighted by molar-refractivity contribution is 0.681. The highest BCUT2D eigenvalue weighted by atomic mass is 79.9. The van der Waals surface area contributed by atoms with Gasteiger partial charge < -0.3 is 10.7 Å². The van der Waals surface area contributed by atoms with Gasteiger partial charge in [0, 0.05) is 15.1 Å². The number of nitrogen functional groups attached to an aromatic ring is 1. The third-order valence-corrected chi connectivity index (χ3v) is 4.69. The zero-order chi connectivity index (χ0) is 14.1.